The van der Waals surface area contributed by atoms with Gasteiger partial charge in [-0.3, -0.25) is 0 Å². The maximum atomic E-state index is 5.43. The van der Waals surface area contributed by atoms with E-state index in [0.29, 0.717) is 0 Å². The van der Waals surface area contributed by atoms with Crippen molar-refractivity contribution in [2.75, 3.05) is 45.2 Å². The Kier molecular flexibility index (Phi) is 3.34. The van der Waals surface area contributed by atoms with Crippen molar-refractivity contribution in [2.24, 2.45) is 0 Å². The van der Waals surface area contributed by atoms with Crippen LogP contribution in [0, 0.1) is 6.92 Å². The molecule has 1 saturated heterocycles. The molecule has 1 aliphatic heterocycles. The number of aryl methyl sites for hydroxylation is 1. The lowest BCUT2D eigenvalue weighted by Crippen LogP contribution is -2.44. The Balaban J connectivity index is 2.21. The first kappa shape index (κ1) is 11.3. The standard InChI is InChI=1S/C13H20N2O/c1-11-4-5-13(16-3)12(10-11)15-8-6-14(2)7-9-15/h4-5,10H,6-9H2,1-3H3. The number of methoxy groups -OCH3 is 1. The Morgan fingerprint density at radius 2 is 1.81 bits per heavy atom. The van der Waals surface area contributed by atoms with Crippen LogP contribution in [0.5, 0.6) is 5.75 Å². The fourth-order valence-electron chi connectivity index (χ4n) is 2.09. The molecule has 1 aromatic rings. The van der Waals surface area contributed by atoms with Gasteiger partial charge in [0, 0.05) is 26.2 Å². The van der Waals surface area contributed by atoms with Crippen molar-refractivity contribution < 1.29 is 4.74 Å². The summed E-state index contributed by atoms with van der Waals surface area (Å²) in [4.78, 5) is 4.77. The molecule has 1 aliphatic rings. The summed E-state index contributed by atoms with van der Waals surface area (Å²) in [6.07, 6.45) is 0. The summed E-state index contributed by atoms with van der Waals surface area (Å²) >= 11 is 0. The molecule has 0 amide bonds. The Hall–Kier alpha value is -1.22. The first-order valence-electron chi connectivity index (χ1n) is 5.79. The quantitative estimate of drug-likeness (QED) is 0.755. The van der Waals surface area contributed by atoms with Crippen LogP contribution in [-0.4, -0.2) is 45.2 Å². The van der Waals surface area contributed by atoms with Crippen molar-refractivity contribution in [3.8, 4) is 5.75 Å². The molecular formula is C13H20N2O. The lowest BCUT2D eigenvalue weighted by molar-refractivity contribution is 0.311. The number of nitrogens with zero attached hydrogens (tertiary/aromatic N) is 2. The Morgan fingerprint density at radius 1 is 1.12 bits per heavy atom. The first-order valence-corrected chi connectivity index (χ1v) is 5.79. The van der Waals surface area contributed by atoms with Crippen molar-refractivity contribution >= 4 is 5.69 Å². The lowest BCUT2D eigenvalue weighted by atomic mass is 10.1. The summed E-state index contributed by atoms with van der Waals surface area (Å²) in [6, 6.07) is 6.37. The lowest BCUT2D eigenvalue weighted by Gasteiger charge is -2.34. The second-order valence-electron chi connectivity index (χ2n) is 4.47. The van der Waals surface area contributed by atoms with Gasteiger partial charge in [0.05, 0.1) is 12.8 Å². The fraction of sp³-hybridized carbons (Fsp3) is 0.538. The van der Waals surface area contributed by atoms with E-state index >= 15 is 0 Å². The Bertz CT molecular complexity index is 357. The van der Waals surface area contributed by atoms with E-state index in [9.17, 15) is 0 Å². The van der Waals surface area contributed by atoms with E-state index in [2.05, 4.69) is 42.0 Å². The van der Waals surface area contributed by atoms with Crippen LogP contribution in [-0.2, 0) is 0 Å². The van der Waals surface area contributed by atoms with Crippen molar-refractivity contribution in [2.45, 2.75) is 6.92 Å². The fourth-order valence-corrected chi connectivity index (χ4v) is 2.09. The summed E-state index contributed by atoms with van der Waals surface area (Å²) in [5.74, 6) is 0.982. The van der Waals surface area contributed by atoms with Crippen LogP contribution < -0.4 is 9.64 Å². The van der Waals surface area contributed by atoms with E-state index in [1.165, 1.54) is 11.3 Å². The van der Waals surface area contributed by atoms with Crippen molar-refractivity contribution in [1.29, 1.82) is 0 Å². The largest absolute Gasteiger partial charge is 0.495 e. The van der Waals surface area contributed by atoms with E-state index in [0.717, 1.165) is 31.9 Å². The van der Waals surface area contributed by atoms with Gasteiger partial charge in [-0.1, -0.05) is 6.07 Å². The van der Waals surface area contributed by atoms with Crippen LogP contribution in [0.2, 0.25) is 0 Å². The molecule has 0 atom stereocenters. The van der Waals surface area contributed by atoms with Crippen LogP contribution >= 0.6 is 0 Å². The topological polar surface area (TPSA) is 15.7 Å². The molecule has 1 aromatic carbocycles. The minimum Gasteiger partial charge on any atom is -0.495 e. The number of anilines is 1. The molecular weight excluding hydrogens is 200 g/mol. The average molecular weight is 220 g/mol. The van der Waals surface area contributed by atoms with Gasteiger partial charge in [0.15, 0.2) is 0 Å². The van der Waals surface area contributed by atoms with Gasteiger partial charge in [0.2, 0.25) is 0 Å². The number of likely N-dealkylation sites (N-methyl/N-ethyl adjacent to an activating group) is 1. The minimum atomic E-state index is 0.982. The summed E-state index contributed by atoms with van der Waals surface area (Å²) < 4.78 is 5.43. The predicted octanol–water partition coefficient (Wildman–Crippen LogP) is 1.76. The maximum absolute atomic E-state index is 5.43. The molecule has 1 fully saturated rings. The zero-order valence-corrected chi connectivity index (χ0v) is 10.4. The number of rotatable bonds is 2. The summed E-state index contributed by atoms with van der Waals surface area (Å²) in [5, 5.41) is 0. The van der Waals surface area contributed by atoms with Crippen LogP contribution in [0.4, 0.5) is 5.69 Å². The molecule has 16 heavy (non-hydrogen) atoms. The molecule has 2 rings (SSSR count). The number of hydrogen-bond donors (Lipinski definition) is 0. The highest BCUT2D eigenvalue weighted by atomic mass is 16.5. The minimum absolute atomic E-state index is 0.982. The molecule has 3 heteroatoms. The highest BCUT2D eigenvalue weighted by molar-refractivity contribution is 5.60. The zero-order chi connectivity index (χ0) is 11.5. The summed E-state index contributed by atoms with van der Waals surface area (Å²) in [6.45, 7) is 6.53. The van der Waals surface area contributed by atoms with E-state index < -0.39 is 0 Å². The second kappa shape index (κ2) is 4.74. The molecule has 0 bridgehead atoms. The van der Waals surface area contributed by atoms with E-state index in [4.69, 9.17) is 4.74 Å². The molecule has 0 aromatic heterocycles. The Labute approximate surface area is 97.6 Å². The van der Waals surface area contributed by atoms with Crippen LogP contribution in [0.1, 0.15) is 5.56 Å². The SMILES string of the molecule is COc1ccc(C)cc1N1CCN(C)CC1. The van der Waals surface area contributed by atoms with Crippen LogP contribution in [0.15, 0.2) is 18.2 Å². The van der Waals surface area contributed by atoms with E-state index in [1.807, 2.05) is 0 Å². The average Bonchev–Trinajstić information content (AvgIpc) is 2.30. The van der Waals surface area contributed by atoms with Gasteiger partial charge in [-0.15, -0.1) is 0 Å². The van der Waals surface area contributed by atoms with E-state index in [-0.39, 0.29) is 0 Å². The maximum Gasteiger partial charge on any atom is 0.142 e. The van der Waals surface area contributed by atoms with Gasteiger partial charge in [-0.25, -0.2) is 0 Å². The number of hydrogen-bond acceptors (Lipinski definition) is 3. The molecule has 0 aliphatic carbocycles. The van der Waals surface area contributed by atoms with Gasteiger partial charge < -0.3 is 14.5 Å². The third kappa shape index (κ3) is 2.30. The van der Waals surface area contributed by atoms with E-state index in [1.54, 1.807) is 7.11 Å². The smallest absolute Gasteiger partial charge is 0.142 e. The summed E-state index contributed by atoms with van der Waals surface area (Å²) in [7, 11) is 3.91. The molecule has 0 saturated carbocycles. The Morgan fingerprint density at radius 3 is 2.44 bits per heavy atom. The zero-order valence-electron chi connectivity index (χ0n) is 10.4. The number of benzene rings is 1. The third-order valence-corrected chi connectivity index (χ3v) is 3.18. The highest BCUT2D eigenvalue weighted by Gasteiger charge is 2.17. The van der Waals surface area contributed by atoms with Crippen molar-refractivity contribution in [3.63, 3.8) is 0 Å². The number of ether oxygens (including phenoxy) is 1. The molecule has 0 spiro atoms. The van der Waals surface area contributed by atoms with Crippen LogP contribution in [0.25, 0.3) is 0 Å². The molecule has 0 radical (unpaired) electrons. The normalized spacial score (nSPS) is 17.6. The molecule has 1 heterocycles. The first-order chi connectivity index (χ1) is 7.70. The number of piperazine rings is 1. The van der Waals surface area contributed by atoms with Crippen molar-refractivity contribution in [3.05, 3.63) is 23.8 Å². The van der Waals surface area contributed by atoms with Crippen molar-refractivity contribution in [1.82, 2.24) is 4.90 Å². The van der Waals surface area contributed by atoms with Gasteiger partial charge in [0.1, 0.15) is 5.75 Å². The predicted molar refractivity (Wildman–Crippen MR) is 67.4 cm³/mol. The third-order valence-electron chi connectivity index (χ3n) is 3.18. The van der Waals surface area contributed by atoms with Gasteiger partial charge >= 0.3 is 0 Å². The summed E-state index contributed by atoms with van der Waals surface area (Å²) in [5.41, 5.74) is 2.52. The monoisotopic (exact) mass is 220 g/mol. The highest BCUT2D eigenvalue weighted by Crippen LogP contribution is 2.29. The molecule has 0 N–H and O–H groups in total. The van der Waals surface area contributed by atoms with Gasteiger partial charge in [-0.2, -0.15) is 0 Å². The van der Waals surface area contributed by atoms with Crippen LogP contribution in [0.3, 0.4) is 0 Å². The second-order valence-corrected chi connectivity index (χ2v) is 4.47. The molecule has 0 unspecified atom stereocenters. The van der Waals surface area contributed by atoms with Gasteiger partial charge in [0.25, 0.3) is 0 Å². The molecule has 3 nitrogen and oxygen atoms in total. The van der Waals surface area contributed by atoms with Gasteiger partial charge in [-0.05, 0) is 31.7 Å². The molecule has 88 valence electrons.